The van der Waals surface area contributed by atoms with Gasteiger partial charge in [0.15, 0.2) is 0 Å². The van der Waals surface area contributed by atoms with Crippen molar-refractivity contribution in [1.29, 1.82) is 0 Å². The first-order valence-corrected chi connectivity index (χ1v) is 9.74. The molecule has 0 aromatic heterocycles. The molecule has 150 valence electrons. The van der Waals surface area contributed by atoms with Crippen LogP contribution in [0.3, 0.4) is 0 Å². The van der Waals surface area contributed by atoms with Gasteiger partial charge in [0.25, 0.3) is 5.69 Å². The number of rotatable bonds is 8. The lowest BCUT2D eigenvalue weighted by atomic mass is 10.2. The minimum Gasteiger partial charge on any atom is -0.508 e. The highest BCUT2D eigenvalue weighted by Gasteiger charge is 2.25. The molecule has 0 bridgehead atoms. The van der Waals surface area contributed by atoms with Crippen LogP contribution >= 0.6 is 0 Å². The number of hydrazone groups is 1. The Morgan fingerprint density at radius 3 is 2.43 bits per heavy atom. The molecule has 0 radical (unpaired) electrons. The van der Waals surface area contributed by atoms with Crippen LogP contribution in [0, 0.1) is 10.1 Å². The van der Waals surface area contributed by atoms with Crippen LogP contribution in [0.4, 0.5) is 11.4 Å². The van der Waals surface area contributed by atoms with Crippen LogP contribution in [-0.2, 0) is 10.0 Å². The van der Waals surface area contributed by atoms with Crippen LogP contribution in [0.15, 0.2) is 46.4 Å². The molecular weight excluding hydrogens is 388 g/mol. The van der Waals surface area contributed by atoms with E-state index in [1.807, 2.05) is 0 Å². The first-order valence-electron chi connectivity index (χ1n) is 8.30. The first-order chi connectivity index (χ1) is 13.2. The van der Waals surface area contributed by atoms with Gasteiger partial charge in [-0.25, -0.2) is 8.42 Å². The van der Waals surface area contributed by atoms with Crippen molar-refractivity contribution < 1.29 is 23.6 Å². The minimum atomic E-state index is -3.84. The highest BCUT2D eigenvalue weighted by molar-refractivity contribution is 7.89. The quantitative estimate of drug-likeness (QED) is 0.345. The molecule has 0 aliphatic rings. The number of hydrogen-bond donors (Lipinski definition) is 3. The fourth-order valence-corrected chi connectivity index (χ4v) is 3.92. The summed E-state index contributed by atoms with van der Waals surface area (Å²) in [7, 11) is -3.84. The number of phenolic OH excluding ortho intramolecular Hbond substituents is 2. The molecule has 11 heteroatoms. The second kappa shape index (κ2) is 8.67. The summed E-state index contributed by atoms with van der Waals surface area (Å²) in [6.07, 6.45) is 1.21. The number of sulfonamides is 1. The van der Waals surface area contributed by atoms with E-state index in [0.29, 0.717) is 0 Å². The van der Waals surface area contributed by atoms with Gasteiger partial charge in [0.2, 0.25) is 10.0 Å². The highest BCUT2D eigenvalue weighted by Crippen LogP contribution is 2.29. The Kier molecular flexibility index (Phi) is 6.54. The third-order valence-electron chi connectivity index (χ3n) is 3.91. The zero-order valence-corrected chi connectivity index (χ0v) is 16.0. The second-order valence-corrected chi connectivity index (χ2v) is 7.58. The van der Waals surface area contributed by atoms with E-state index in [0.717, 1.165) is 12.1 Å². The predicted molar refractivity (Wildman–Crippen MR) is 104 cm³/mol. The molecule has 2 aromatic rings. The molecule has 0 amide bonds. The standard InChI is InChI=1S/C17H20N4O6S/c1-3-20(4-2)28(26,27)14-7-8-15(16(10-14)21(24)25)19-18-11-12-5-6-13(22)9-17(12)23/h5-11,19,22-23H,3-4H2,1-2H3/b18-11+. The lowest BCUT2D eigenvalue weighted by Gasteiger charge is -2.18. The third kappa shape index (κ3) is 4.56. The van der Waals surface area contributed by atoms with Crippen molar-refractivity contribution in [3.05, 3.63) is 52.1 Å². The smallest absolute Gasteiger partial charge is 0.295 e. The zero-order valence-electron chi connectivity index (χ0n) is 15.2. The summed E-state index contributed by atoms with van der Waals surface area (Å²) in [5, 5.41) is 34.2. The van der Waals surface area contributed by atoms with E-state index < -0.39 is 20.6 Å². The number of benzene rings is 2. The molecule has 0 heterocycles. The Morgan fingerprint density at radius 1 is 1.18 bits per heavy atom. The second-order valence-electron chi connectivity index (χ2n) is 5.64. The molecule has 0 unspecified atom stereocenters. The van der Waals surface area contributed by atoms with Gasteiger partial charge in [0.05, 0.1) is 16.0 Å². The minimum absolute atomic E-state index is 0.0157. The van der Waals surface area contributed by atoms with Crippen molar-refractivity contribution in [1.82, 2.24) is 4.31 Å². The van der Waals surface area contributed by atoms with Gasteiger partial charge in [-0.15, -0.1) is 0 Å². The van der Waals surface area contributed by atoms with E-state index in [1.165, 1.54) is 34.8 Å². The van der Waals surface area contributed by atoms with Crippen molar-refractivity contribution >= 4 is 27.6 Å². The summed E-state index contributed by atoms with van der Waals surface area (Å²) in [6.45, 7) is 3.85. The van der Waals surface area contributed by atoms with Gasteiger partial charge in [-0.2, -0.15) is 9.41 Å². The van der Waals surface area contributed by atoms with Crippen LogP contribution in [0.2, 0.25) is 0 Å². The van der Waals surface area contributed by atoms with E-state index in [4.69, 9.17) is 0 Å². The van der Waals surface area contributed by atoms with E-state index in [-0.39, 0.29) is 40.7 Å². The average Bonchev–Trinajstić information content (AvgIpc) is 2.64. The van der Waals surface area contributed by atoms with Gasteiger partial charge in [0, 0.05) is 30.8 Å². The highest BCUT2D eigenvalue weighted by atomic mass is 32.2. The Balaban J connectivity index is 2.33. The maximum absolute atomic E-state index is 12.5. The molecule has 10 nitrogen and oxygen atoms in total. The van der Waals surface area contributed by atoms with Gasteiger partial charge in [0.1, 0.15) is 17.2 Å². The lowest BCUT2D eigenvalue weighted by Crippen LogP contribution is -2.30. The van der Waals surface area contributed by atoms with Crippen molar-refractivity contribution in [2.75, 3.05) is 18.5 Å². The molecule has 3 N–H and O–H groups in total. The normalized spacial score (nSPS) is 11.8. The molecule has 2 aromatic carbocycles. The van der Waals surface area contributed by atoms with Gasteiger partial charge in [-0.05, 0) is 24.3 Å². The molecule has 0 atom stereocenters. The Labute approximate surface area is 161 Å². The van der Waals surface area contributed by atoms with E-state index in [9.17, 15) is 28.7 Å². The summed E-state index contributed by atoms with van der Waals surface area (Å²) in [5.41, 5.74) is 2.26. The molecule has 0 saturated heterocycles. The number of aromatic hydroxyl groups is 2. The van der Waals surface area contributed by atoms with Crippen LogP contribution in [-0.4, -0.2) is 47.2 Å². The number of nitrogens with one attached hydrogen (secondary N) is 1. The fourth-order valence-electron chi connectivity index (χ4n) is 2.44. The number of anilines is 1. The Morgan fingerprint density at radius 2 is 1.86 bits per heavy atom. The summed E-state index contributed by atoms with van der Waals surface area (Å²) in [6, 6.07) is 7.36. The maximum Gasteiger partial charge on any atom is 0.295 e. The van der Waals surface area contributed by atoms with Crippen molar-refractivity contribution in [3.8, 4) is 11.5 Å². The molecule has 2 rings (SSSR count). The number of hydrogen-bond acceptors (Lipinski definition) is 8. The molecule has 28 heavy (non-hydrogen) atoms. The monoisotopic (exact) mass is 408 g/mol. The summed E-state index contributed by atoms with van der Waals surface area (Å²) in [5.74, 6) is -0.344. The molecule has 0 aliphatic heterocycles. The van der Waals surface area contributed by atoms with E-state index in [1.54, 1.807) is 13.8 Å². The average molecular weight is 408 g/mol. The topological polar surface area (TPSA) is 145 Å². The number of nitrogens with zero attached hydrogens (tertiary/aromatic N) is 3. The van der Waals surface area contributed by atoms with Crippen LogP contribution < -0.4 is 5.43 Å². The van der Waals surface area contributed by atoms with Crippen LogP contribution in [0.25, 0.3) is 0 Å². The van der Waals surface area contributed by atoms with E-state index >= 15 is 0 Å². The zero-order chi connectivity index (χ0) is 20.9. The summed E-state index contributed by atoms with van der Waals surface area (Å²) in [4.78, 5) is 10.5. The molecular formula is C17H20N4O6S. The third-order valence-corrected chi connectivity index (χ3v) is 5.96. The van der Waals surface area contributed by atoms with Gasteiger partial charge >= 0.3 is 0 Å². The van der Waals surface area contributed by atoms with Gasteiger partial charge in [-0.1, -0.05) is 13.8 Å². The van der Waals surface area contributed by atoms with Crippen LogP contribution in [0.5, 0.6) is 11.5 Å². The van der Waals surface area contributed by atoms with E-state index in [2.05, 4.69) is 10.5 Å². The number of phenols is 2. The Hall–Kier alpha value is -3.18. The van der Waals surface area contributed by atoms with Gasteiger partial charge < -0.3 is 10.2 Å². The first kappa shape index (κ1) is 21.1. The van der Waals surface area contributed by atoms with Crippen LogP contribution in [0.1, 0.15) is 19.4 Å². The molecule has 0 saturated carbocycles. The fraction of sp³-hybridized carbons (Fsp3) is 0.235. The lowest BCUT2D eigenvalue weighted by molar-refractivity contribution is -0.384. The van der Waals surface area contributed by atoms with Crippen molar-refractivity contribution in [2.24, 2.45) is 5.10 Å². The van der Waals surface area contributed by atoms with Crippen molar-refractivity contribution in [3.63, 3.8) is 0 Å². The number of nitro groups is 1. The molecule has 0 spiro atoms. The summed E-state index contributed by atoms with van der Waals surface area (Å²) < 4.78 is 26.3. The molecule has 0 fully saturated rings. The summed E-state index contributed by atoms with van der Waals surface area (Å²) >= 11 is 0. The SMILES string of the molecule is CCN(CC)S(=O)(=O)c1ccc(N/N=C/c2ccc(O)cc2O)c([N+](=O)[O-])c1. The molecule has 0 aliphatic carbocycles. The maximum atomic E-state index is 12.5. The van der Waals surface area contributed by atoms with Crippen molar-refractivity contribution in [2.45, 2.75) is 18.7 Å². The largest absolute Gasteiger partial charge is 0.508 e. The Bertz CT molecular complexity index is 1000. The van der Waals surface area contributed by atoms with Gasteiger partial charge in [-0.3, -0.25) is 15.5 Å². The predicted octanol–water partition coefficient (Wildman–Crippen LogP) is 2.48. The number of nitro benzene ring substituents is 1.